The monoisotopic (exact) mass is 385 g/mol. The van der Waals surface area contributed by atoms with Crippen LogP contribution in [0.3, 0.4) is 0 Å². The molecule has 0 unspecified atom stereocenters. The molecule has 1 saturated heterocycles. The third-order valence-corrected chi connectivity index (χ3v) is 4.21. The number of aromatic hydroxyl groups is 1. The first-order valence-corrected chi connectivity index (χ1v) is 8.88. The van der Waals surface area contributed by atoms with Crippen LogP contribution in [0.4, 0.5) is 5.69 Å². The third kappa shape index (κ3) is 4.82. The Morgan fingerprint density at radius 1 is 1.11 bits per heavy atom. The van der Waals surface area contributed by atoms with Gasteiger partial charge in [-0.05, 0) is 42.3 Å². The van der Waals surface area contributed by atoms with Crippen molar-refractivity contribution in [2.75, 3.05) is 32.8 Å². The number of benzene rings is 2. The molecule has 0 atom stereocenters. The van der Waals surface area contributed by atoms with Gasteiger partial charge in [-0.2, -0.15) is 0 Å². The Hall–Kier alpha value is -3.03. The molecule has 28 heavy (non-hydrogen) atoms. The SMILES string of the molecule is COc1ccc(/C=C/C(=O)Nc2cc(C3OCCCO3)ccc2O)cc1OC. The molecule has 7 heteroatoms. The number of rotatable bonds is 6. The van der Waals surface area contributed by atoms with Crippen molar-refractivity contribution >= 4 is 17.7 Å². The predicted octanol–water partition coefficient (Wildman–Crippen LogP) is 3.50. The van der Waals surface area contributed by atoms with Gasteiger partial charge in [0.1, 0.15) is 5.75 Å². The van der Waals surface area contributed by atoms with Crippen LogP contribution < -0.4 is 14.8 Å². The summed E-state index contributed by atoms with van der Waals surface area (Å²) in [7, 11) is 3.11. The summed E-state index contributed by atoms with van der Waals surface area (Å²) in [6.45, 7) is 1.22. The Morgan fingerprint density at radius 2 is 1.86 bits per heavy atom. The van der Waals surface area contributed by atoms with E-state index in [0.717, 1.165) is 17.5 Å². The molecule has 1 heterocycles. The molecule has 3 rings (SSSR count). The molecule has 1 aliphatic rings. The summed E-state index contributed by atoms with van der Waals surface area (Å²) in [6.07, 6.45) is 3.37. The molecule has 1 amide bonds. The molecule has 0 aliphatic carbocycles. The van der Waals surface area contributed by atoms with Crippen LogP contribution in [0, 0.1) is 0 Å². The van der Waals surface area contributed by atoms with E-state index in [2.05, 4.69) is 5.32 Å². The highest BCUT2D eigenvalue weighted by Gasteiger charge is 2.18. The van der Waals surface area contributed by atoms with Gasteiger partial charge in [-0.1, -0.05) is 12.1 Å². The van der Waals surface area contributed by atoms with E-state index in [1.807, 2.05) is 0 Å². The number of hydrogen-bond acceptors (Lipinski definition) is 6. The van der Waals surface area contributed by atoms with Crippen molar-refractivity contribution in [2.24, 2.45) is 0 Å². The van der Waals surface area contributed by atoms with E-state index in [1.54, 1.807) is 50.6 Å². The molecule has 148 valence electrons. The lowest BCUT2D eigenvalue weighted by molar-refractivity contribution is -0.183. The molecular formula is C21H23NO6. The first-order valence-electron chi connectivity index (χ1n) is 8.88. The van der Waals surface area contributed by atoms with Crippen LogP contribution in [0.15, 0.2) is 42.5 Å². The summed E-state index contributed by atoms with van der Waals surface area (Å²) in [5.74, 6) is 0.765. The van der Waals surface area contributed by atoms with E-state index in [9.17, 15) is 9.90 Å². The van der Waals surface area contributed by atoms with Crippen molar-refractivity contribution in [3.05, 3.63) is 53.6 Å². The maximum Gasteiger partial charge on any atom is 0.248 e. The van der Waals surface area contributed by atoms with Gasteiger partial charge in [-0.25, -0.2) is 0 Å². The average Bonchev–Trinajstić information content (AvgIpc) is 2.74. The Bertz CT molecular complexity index is 858. The lowest BCUT2D eigenvalue weighted by atomic mass is 10.1. The van der Waals surface area contributed by atoms with Gasteiger partial charge in [0.05, 0.1) is 33.1 Å². The number of nitrogens with one attached hydrogen (secondary N) is 1. The summed E-state index contributed by atoms with van der Waals surface area (Å²) in [5, 5.41) is 12.7. The number of carbonyl (C=O) groups excluding carboxylic acids is 1. The molecule has 0 aromatic heterocycles. The molecule has 2 N–H and O–H groups in total. The molecular weight excluding hydrogens is 362 g/mol. The minimum absolute atomic E-state index is 0.0348. The van der Waals surface area contributed by atoms with Gasteiger partial charge in [0.25, 0.3) is 0 Å². The maximum absolute atomic E-state index is 12.3. The van der Waals surface area contributed by atoms with Gasteiger partial charge in [-0.3, -0.25) is 4.79 Å². The standard InChI is InChI=1S/C21H23NO6/c1-25-18-8-4-14(12-19(18)26-2)5-9-20(24)22-16-13-15(6-7-17(16)23)21-27-10-3-11-28-21/h4-9,12-13,21,23H,3,10-11H2,1-2H3,(H,22,24)/b9-5+. The highest BCUT2D eigenvalue weighted by molar-refractivity contribution is 6.02. The quantitative estimate of drug-likeness (QED) is 0.585. The first-order chi connectivity index (χ1) is 13.6. The molecule has 1 aliphatic heterocycles. The fourth-order valence-electron chi connectivity index (χ4n) is 2.78. The number of phenolic OH excluding ortho intramolecular Hbond substituents is 1. The number of ether oxygens (including phenoxy) is 4. The van der Waals surface area contributed by atoms with Crippen molar-refractivity contribution in [1.82, 2.24) is 0 Å². The lowest BCUT2D eigenvalue weighted by Crippen LogP contribution is -2.18. The summed E-state index contributed by atoms with van der Waals surface area (Å²) in [6, 6.07) is 10.2. The zero-order chi connectivity index (χ0) is 19.9. The number of anilines is 1. The number of carbonyl (C=O) groups is 1. The molecule has 2 aromatic rings. The molecule has 0 bridgehead atoms. The molecule has 0 spiro atoms. The van der Waals surface area contributed by atoms with E-state index >= 15 is 0 Å². The van der Waals surface area contributed by atoms with Gasteiger partial charge in [0.15, 0.2) is 17.8 Å². The van der Waals surface area contributed by atoms with Crippen molar-refractivity contribution in [3.63, 3.8) is 0 Å². The first kappa shape index (κ1) is 19.7. The smallest absolute Gasteiger partial charge is 0.248 e. The van der Waals surface area contributed by atoms with Gasteiger partial charge in [0.2, 0.25) is 5.91 Å². The van der Waals surface area contributed by atoms with Crippen LogP contribution in [0.1, 0.15) is 23.8 Å². The van der Waals surface area contributed by atoms with Crippen LogP contribution in [-0.2, 0) is 14.3 Å². The summed E-state index contributed by atoms with van der Waals surface area (Å²) in [4.78, 5) is 12.3. The topological polar surface area (TPSA) is 86.3 Å². The highest BCUT2D eigenvalue weighted by atomic mass is 16.7. The minimum Gasteiger partial charge on any atom is -0.506 e. The van der Waals surface area contributed by atoms with Gasteiger partial charge < -0.3 is 29.4 Å². The van der Waals surface area contributed by atoms with Crippen molar-refractivity contribution in [1.29, 1.82) is 0 Å². The largest absolute Gasteiger partial charge is 0.506 e. The van der Waals surface area contributed by atoms with E-state index in [1.165, 1.54) is 12.1 Å². The second kappa shape index (κ2) is 9.25. The predicted molar refractivity (Wildman–Crippen MR) is 105 cm³/mol. The third-order valence-electron chi connectivity index (χ3n) is 4.21. The fraction of sp³-hybridized carbons (Fsp3) is 0.286. The molecule has 0 saturated carbocycles. The van der Waals surface area contributed by atoms with E-state index in [0.29, 0.717) is 24.7 Å². The summed E-state index contributed by atoms with van der Waals surface area (Å²) >= 11 is 0. The van der Waals surface area contributed by atoms with Crippen molar-refractivity contribution < 1.29 is 28.8 Å². The maximum atomic E-state index is 12.3. The van der Waals surface area contributed by atoms with Gasteiger partial charge >= 0.3 is 0 Å². The highest BCUT2D eigenvalue weighted by Crippen LogP contribution is 2.31. The van der Waals surface area contributed by atoms with E-state index < -0.39 is 6.29 Å². The number of amides is 1. The molecule has 0 radical (unpaired) electrons. The minimum atomic E-state index is -0.493. The van der Waals surface area contributed by atoms with Crippen LogP contribution in [0.25, 0.3) is 6.08 Å². The van der Waals surface area contributed by atoms with E-state index in [-0.39, 0.29) is 17.3 Å². The zero-order valence-corrected chi connectivity index (χ0v) is 15.8. The van der Waals surface area contributed by atoms with Crippen molar-refractivity contribution in [2.45, 2.75) is 12.7 Å². The van der Waals surface area contributed by atoms with Crippen molar-refractivity contribution in [3.8, 4) is 17.2 Å². The Labute approximate surface area is 163 Å². The Morgan fingerprint density at radius 3 is 2.57 bits per heavy atom. The summed E-state index contributed by atoms with van der Waals surface area (Å²) in [5.41, 5.74) is 1.80. The Balaban J connectivity index is 1.69. The lowest BCUT2D eigenvalue weighted by Gasteiger charge is -2.24. The molecule has 1 fully saturated rings. The summed E-state index contributed by atoms with van der Waals surface area (Å²) < 4.78 is 21.6. The van der Waals surface area contributed by atoms with E-state index in [4.69, 9.17) is 18.9 Å². The van der Waals surface area contributed by atoms with Gasteiger partial charge in [0, 0.05) is 11.6 Å². The number of hydrogen-bond donors (Lipinski definition) is 2. The second-order valence-corrected chi connectivity index (χ2v) is 6.14. The average molecular weight is 385 g/mol. The molecule has 2 aromatic carbocycles. The van der Waals surface area contributed by atoms with Crippen LogP contribution in [0.2, 0.25) is 0 Å². The Kier molecular flexibility index (Phi) is 6.52. The number of methoxy groups -OCH3 is 2. The van der Waals surface area contributed by atoms with Crippen LogP contribution in [0.5, 0.6) is 17.2 Å². The number of phenols is 1. The normalized spacial score (nSPS) is 14.8. The van der Waals surface area contributed by atoms with Crippen LogP contribution in [-0.4, -0.2) is 38.4 Å². The molecule has 7 nitrogen and oxygen atoms in total. The zero-order valence-electron chi connectivity index (χ0n) is 15.8. The van der Waals surface area contributed by atoms with Gasteiger partial charge in [-0.15, -0.1) is 0 Å². The second-order valence-electron chi connectivity index (χ2n) is 6.14. The fourth-order valence-corrected chi connectivity index (χ4v) is 2.78. The van der Waals surface area contributed by atoms with Crippen LogP contribution >= 0.6 is 0 Å².